The van der Waals surface area contributed by atoms with Gasteiger partial charge in [0.1, 0.15) is 5.69 Å². The van der Waals surface area contributed by atoms with E-state index in [1.54, 1.807) is 6.07 Å². The van der Waals surface area contributed by atoms with Gasteiger partial charge in [0.25, 0.3) is 0 Å². The van der Waals surface area contributed by atoms with E-state index in [-0.39, 0.29) is 0 Å². The van der Waals surface area contributed by atoms with Crippen LogP contribution in [0.1, 0.15) is 58.6 Å². The second-order valence-electron chi connectivity index (χ2n) is 7.77. The van der Waals surface area contributed by atoms with E-state index < -0.39 is 0 Å². The summed E-state index contributed by atoms with van der Waals surface area (Å²) in [6, 6.07) is 5.50. The third-order valence-corrected chi connectivity index (χ3v) is 6.99. The molecule has 0 amide bonds. The number of aromatic nitrogens is 2. The lowest BCUT2D eigenvalue weighted by atomic mass is 9.73. The molecule has 1 saturated heterocycles. The zero-order chi connectivity index (χ0) is 20.3. The van der Waals surface area contributed by atoms with Crippen molar-refractivity contribution in [2.75, 3.05) is 23.7 Å². The Labute approximate surface area is 178 Å². The van der Waals surface area contributed by atoms with Crippen LogP contribution in [0.5, 0.6) is 0 Å². The van der Waals surface area contributed by atoms with Gasteiger partial charge in [-0.15, -0.1) is 0 Å². The number of nitrogens with two attached hydrogens (primary N) is 1. The molecule has 152 valence electrons. The number of hydrogen-bond acceptors (Lipinski definition) is 4. The lowest BCUT2D eigenvalue weighted by molar-refractivity contribution is 0.188. The quantitative estimate of drug-likeness (QED) is 0.587. The Morgan fingerprint density at radius 2 is 1.82 bits per heavy atom. The number of rotatable bonds is 6. The highest BCUT2D eigenvalue weighted by Gasteiger charge is 2.33. The Kier molecular flexibility index (Phi) is 6.72. The molecular weight excluding hydrogens is 391 g/mol. The molecule has 0 aliphatic carbocycles. The van der Waals surface area contributed by atoms with Crippen molar-refractivity contribution in [2.24, 2.45) is 5.41 Å². The fourth-order valence-corrected chi connectivity index (χ4v) is 4.74. The molecule has 28 heavy (non-hydrogen) atoms. The Bertz CT molecular complexity index is 830. The normalized spacial score (nSPS) is 16.4. The number of anilines is 2. The molecule has 1 aromatic heterocycles. The van der Waals surface area contributed by atoms with E-state index in [4.69, 9.17) is 38.9 Å². The maximum absolute atomic E-state index is 6.40. The monoisotopic (exact) mass is 420 g/mol. The fourth-order valence-electron chi connectivity index (χ4n) is 4.35. The summed E-state index contributed by atoms with van der Waals surface area (Å²) in [7, 11) is 0. The maximum atomic E-state index is 6.40. The van der Waals surface area contributed by atoms with Gasteiger partial charge in [0.2, 0.25) is 0 Å². The second-order valence-corrected chi connectivity index (χ2v) is 8.56. The largest absolute Gasteiger partial charge is 0.382 e. The van der Waals surface area contributed by atoms with Crippen LogP contribution in [-0.4, -0.2) is 23.1 Å². The summed E-state index contributed by atoms with van der Waals surface area (Å²) in [5, 5.41) is 0.954. The maximum Gasteiger partial charge on any atom is 0.152 e. The van der Waals surface area contributed by atoms with Crippen LogP contribution in [-0.2, 0) is 6.42 Å². The first-order valence-electron chi connectivity index (χ1n) is 10.3. The van der Waals surface area contributed by atoms with Crippen LogP contribution in [0.15, 0.2) is 18.2 Å². The van der Waals surface area contributed by atoms with E-state index in [2.05, 4.69) is 25.7 Å². The van der Waals surface area contributed by atoms with Crippen molar-refractivity contribution in [1.82, 2.24) is 9.97 Å². The van der Waals surface area contributed by atoms with Crippen LogP contribution in [0.2, 0.25) is 10.0 Å². The zero-order valence-electron chi connectivity index (χ0n) is 17.1. The summed E-state index contributed by atoms with van der Waals surface area (Å²) in [4.78, 5) is 12.0. The summed E-state index contributed by atoms with van der Waals surface area (Å²) >= 11 is 12.6. The standard InChI is InChI=1S/C22H30Cl2N4/c1-4-10-22(6-3)11-13-28(14-12-22)21-17(5-2)26-19(20(25)27-21)15-8-7-9-16(23)18(15)24/h7-9H,4-6,10-14H2,1-3H3,(H2,25,27). The van der Waals surface area contributed by atoms with E-state index in [0.29, 0.717) is 27.0 Å². The van der Waals surface area contributed by atoms with Gasteiger partial charge < -0.3 is 10.6 Å². The van der Waals surface area contributed by atoms with Crippen LogP contribution >= 0.6 is 23.2 Å². The summed E-state index contributed by atoms with van der Waals surface area (Å²) in [5.74, 6) is 1.32. The molecule has 2 N–H and O–H groups in total. The van der Waals surface area contributed by atoms with E-state index in [0.717, 1.165) is 36.6 Å². The van der Waals surface area contributed by atoms with Crippen molar-refractivity contribution < 1.29 is 0 Å². The van der Waals surface area contributed by atoms with Gasteiger partial charge in [-0.1, -0.05) is 68.9 Å². The number of hydrogen-bond donors (Lipinski definition) is 1. The van der Waals surface area contributed by atoms with Crippen LogP contribution in [0.3, 0.4) is 0 Å². The summed E-state index contributed by atoms with van der Waals surface area (Å²) in [6.07, 6.45) is 6.98. The molecule has 0 atom stereocenters. The molecule has 1 aliphatic heterocycles. The predicted octanol–water partition coefficient (Wildman–Crippen LogP) is 6.39. The predicted molar refractivity (Wildman–Crippen MR) is 120 cm³/mol. The molecule has 3 rings (SSSR count). The molecule has 1 aromatic carbocycles. The highest BCUT2D eigenvalue weighted by atomic mass is 35.5. The third kappa shape index (κ3) is 4.08. The van der Waals surface area contributed by atoms with Gasteiger partial charge in [0.05, 0.1) is 15.7 Å². The van der Waals surface area contributed by atoms with E-state index >= 15 is 0 Å². The first-order valence-corrected chi connectivity index (χ1v) is 11.1. The molecule has 1 fully saturated rings. The van der Waals surface area contributed by atoms with Gasteiger partial charge in [-0.3, -0.25) is 0 Å². The zero-order valence-corrected chi connectivity index (χ0v) is 18.6. The molecule has 0 spiro atoms. The van der Waals surface area contributed by atoms with Gasteiger partial charge in [0.15, 0.2) is 11.6 Å². The Morgan fingerprint density at radius 1 is 1.11 bits per heavy atom. The number of piperidine rings is 1. The molecule has 0 unspecified atom stereocenters. The van der Waals surface area contributed by atoms with E-state index in [9.17, 15) is 0 Å². The second kappa shape index (κ2) is 8.87. The molecule has 6 heteroatoms. The molecule has 2 aromatic rings. The Morgan fingerprint density at radius 3 is 2.43 bits per heavy atom. The van der Waals surface area contributed by atoms with Gasteiger partial charge in [-0.05, 0) is 37.2 Å². The van der Waals surface area contributed by atoms with Crippen molar-refractivity contribution in [2.45, 2.75) is 59.3 Å². The van der Waals surface area contributed by atoms with Crippen molar-refractivity contribution >= 4 is 34.8 Å². The third-order valence-electron chi connectivity index (χ3n) is 6.17. The highest BCUT2D eigenvalue weighted by molar-refractivity contribution is 6.43. The lowest BCUT2D eigenvalue weighted by Gasteiger charge is -2.42. The summed E-state index contributed by atoms with van der Waals surface area (Å²) < 4.78 is 0. The minimum atomic E-state index is 0.400. The molecule has 2 heterocycles. The number of nitrogens with zero attached hydrogens (tertiary/aromatic N) is 3. The van der Waals surface area contributed by atoms with Crippen molar-refractivity contribution in [1.29, 1.82) is 0 Å². The van der Waals surface area contributed by atoms with Crippen molar-refractivity contribution in [3.8, 4) is 11.3 Å². The number of nitrogen functional groups attached to an aromatic ring is 1. The molecule has 0 saturated carbocycles. The molecular formula is C22H30Cl2N4. The van der Waals surface area contributed by atoms with Gasteiger partial charge in [-0.25, -0.2) is 9.97 Å². The summed E-state index contributed by atoms with van der Waals surface area (Å²) in [5.41, 5.74) is 9.10. The highest BCUT2D eigenvalue weighted by Crippen LogP contribution is 2.41. The van der Waals surface area contributed by atoms with E-state index in [1.165, 1.54) is 32.1 Å². The number of aryl methyl sites for hydroxylation is 1. The van der Waals surface area contributed by atoms with Crippen LogP contribution in [0, 0.1) is 5.41 Å². The Hall–Kier alpha value is -1.52. The van der Waals surface area contributed by atoms with Gasteiger partial charge >= 0.3 is 0 Å². The summed E-state index contributed by atoms with van der Waals surface area (Å²) in [6.45, 7) is 8.72. The van der Waals surface area contributed by atoms with Crippen LogP contribution in [0.4, 0.5) is 11.6 Å². The topological polar surface area (TPSA) is 55.0 Å². The van der Waals surface area contributed by atoms with Crippen molar-refractivity contribution in [3.63, 3.8) is 0 Å². The first kappa shape index (κ1) is 21.2. The average Bonchev–Trinajstić information content (AvgIpc) is 2.71. The minimum absolute atomic E-state index is 0.400. The molecule has 0 bridgehead atoms. The van der Waals surface area contributed by atoms with Crippen LogP contribution in [0.25, 0.3) is 11.3 Å². The molecule has 4 nitrogen and oxygen atoms in total. The SMILES string of the molecule is CCCC1(CC)CCN(c2nc(N)c(-c3cccc(Cl)c3Cl)nc2CC)CC1. The minimum Gasteiger partial charge on any atom is -0.382 e. The smallest absolute Gasteiger partial charge is 0.152 e. The van der Waals surface area contributed by atoms with E-state index in [1.807, 2.05) is 12.1 Å². The molecule has 1 aliphatic rings. The Balaban J connectivity index is 1.92. The number of halogens is 2. The van der Waals surface area contributed by atoms with Crippen molar-refractivity contribution in [3.05, 3.63) is 33.9 Å². The van der Waals surface area contributed by atoms with Gasteiger partial charge in [-0.2, -0.15) is 0 Å². The fraction of sp³-hybridized carbons (Fsp3) is 0.545. The number of benzene rings is 1. The van der Waals surface area contributed by atoms with Gasteiger partial charge in [0, 0.05) is 18.7 Å². The first-order chi connectivity index (χ1) is 13.4. The average molecular weight is 421 g/mol. The molecule has 0 radical (unpaired) electrons. The lowest BCUT2D eigenvalue weighted by Crippen LogP contribution is -2.41. The van der Waals surface area contributed by atoms with Crippen LogP contribution < -0.4 is 10.6 Å².